The van der Waals surface area contributed by atoms with E-state index >= 15 is 0 Å². The average molecular weight is 472 g/mol. The van der Waals surface area contributed by atoms with Crippen LogP contribution in [0.15, 0.2) is 52.4 Å². The third-order valence-electron chi connectivity index (χ3n) is 3.42. The van der Waals surface area contributed by atoms with Crippen LogP contribution in [-0.4, -0.2) is 28.6 Å². The van der Waals surface area contributed by atoms with E-state index in [1.807, 2.05) is 6.07 Å². The summed E-state index contributed by atoms with van der Waals surface area (Å²) in [6, 6.07) is 9.86. The van der Waals surface area contributed by atoms with Crippen molar-refractivity contribution in [3.8, 4) is 11.6 Å². The minimum Gasteiger partial charge on any atom is -0.439 e. The largest absolute Gasteiger partial charge is 0.439 e. The van der Waals surface area contributed by atoms with Crippen molar-refractivity contribution in [1.29, 1.82) is 0 Å². The van der Waals surface area contributed by atoms with Crippen LogP contribution >= 0.6 is 27.3 Å². The first-order valence-corrected chi connectivity index (χ1v) is 9.59. The van der Waals surface area contributed by atoms with E-state index in [1.165, 1.54) is 18.3 Å². The van der Waals surface area contributed by atoms with Crippen molar-refractivity contribution in [1.82, 2.24) is 9.97 Å². The first kappa shape index (κ1) is 20.3. The van der Waals surface area contributed by atoms with Crippen LogP contribution in [0.4, 0.5) is 18.3 Å². The van der Waals surface area contributed by atoms with Gasteiger partial charge in [0.05, 0.1) is 11.3 Å². The Kier molecular flexibility index (Phi) is 5.99. The van der Waals surface area contributed by atoms with E-state index in [0.717, 1.165) is 15.8 Å². The number of aromatic nitrogens is 2. The SMILES string of the molecule is Cc1csc(N(CC(F)(F)F)C(=O)c2ccc(Oc3cccc(Br)c3)nc2)n1. The normalized spacial score (nSPS) is 11.3. The number of nitrogens with zero attached hydrogens (tertiary/aromatic N) is 3. The highest BCUT2D eigenvalue weighted by Crippen LogP contribution is 2.28. The summed E-state index contributed by atoms with van der Waals surface area (Å²) in [6.45, 7) is 0.209. The van der Waals surface area contributed by atoms with E-state index in [4.69, 9.17) is 4.74 Å². The van der Waals surface area contributed by atoms with Gasteiger partial charge in [0, 0.05) is 22.1 Å². The third-order valence-corrected chi connectivity index (χ3v) is 4.90. The number of thiazole rings is 1. The lowest BCUT2D eigenvalue weighted by Crippen LogP contribution is -2.39. The lowest BCUT2D eigenvalue weighted by molar-refractivity contribution is -0.118. The van der Waals surface area contributed by atoms with Crippen molar-refractivity contribution < 1.29 is 22.7 Å². The van der Waals surface area contributed by atoms with Crippen LogP contribution in [0.1, 0.15) is 16.1 Å². The summed E-state index contributed by atoms with van der Waals surface area (Å²) in [5.74, 6) is -0.104. The Hall–Kier alpha value is -2.46. The molecule has 5 nitrogen and oxygen atoms in total. The summed E-state index contributed by atoms with van der Waals surface area (Å²) in [5.41, 5.74) is 0.537. The lowest BCUT2D eigenvalue weighted by atomic mass is 10.2. The molecule has 0 atom stereocenters. The number of amides is 1. The number of alkyl halides is 3. The van der Waals surface area contributed by atoms with Crippen molar-refractivity contribution in [3.63, 3.8) is 0 Å². The van der Waals surface area contributed by atoms with E-state index in [1.54, 1.807) is 30.5 Å². The van der Waals surface area contributed by atoms with Crippen molar-refractivity contribution in [3.05, 3.63) is 63.7 Å². The highest BCUT2D eigenvalue weighted by atomic mass is 79.9. The molecule has 0 spiro atoms. The molecule has 1 aromatic carbocycles. The Labute approximate surface area is 170 Å². The summed E-state index contributed by atoms with van der Waals surface area (Å²) in [7, 11) is 0. The fraction of sp³-hybridized carbons (Fsp3) is 0.167. The van der Waals surface area contributed by atoms with Crippen LogP contribution in [-0.2, 0) is 0 Å². The van der Waals surface area contributed by atoms with Crippen molar-refractivity contribution in [2.24, 2.45) is 0 Å². The number of anilines is 1. The molecule has 3 aromatic rings. The number of ether oxygens (including phenoxy) is 1. The molecule has 28 heavy (non-hydrogen) atoms. The first-order valence-electron chi connectivity index (χ1n) is 7.91. The zero-order valence-electron chi connectivity index (χ0n) is 14.4. The third kappa shape index (κ3) is 5.29. The number of halogens is 4. The molecule has 0 aliphatic rings. The maximum absolute atomic E-state index is 13.0. The Morgan fingerprint density at radius 1 is 1.29 bits per heavy atom. The number of aryl methyl sites for hydroxylation is 1. The van der Waals surface area contributed by atoms with Gasteiger partial charge in [-0.05, 0) is 31.2 Å². The molecule has 0 aliphatic carbocycles. The monoisotopic (exact) mass is 471 g/mol. The van der Waals surface area contributed by atoms with Gasteiger partial charge in [-0.15, -0.1) is 11.3 Å². The van der Waals surface area contributed by atoms with Gasteiger partial charge in [0.2, 0.25) is 5.88 Å². The average Bonchev–Trinajstić information content (AvgIpc) is 3.05. The number of benzene rings is 1. The molecule has 3 rings (SSSR count). The molecule has 0 saturated carbocycles. The van der Waals surface area contributed by atoms with Crippen LogP contribution in [0.25, 0.3) is 0 Å². The second-order valence-corrected chi connectivity index (χ2v) is 7.47. The standard InChI is InChI=1S/C18H13BrF3N3O2S/c1-11-9-28-17(24-11)25(10-18(20,21)22)16(26)12-5-6-15(23-8-12)27-14-4-2-3-13(19)7-14/h2-9H,10H2,1H3. The first-order chi connectivity index (χ1) is 13.2. The maximum atomic E-state index is 13.0. The van der Waals surface area contributed by atoms with Crippen molar-refractivity contribution in [2.45, 2.75) is 13.1 Å². The van der Waals surface area contributed by atoms with E-state index in [0.29, 0.717) is 16.3 Å². The number of hydrogen-bond acceptors (Lipinski definition) is 5. The van der Waals surface area contributed by atoms with Crippen LogP contribution in [0.5, 0.6) is 11.6 Å². The molecule has 146 valence electrons. The Morgan fingerprint density at radius 2 is 2.07 bits per heavy atom. The summed E-state index contributed by atoms with van der Waals surface area (Å²) >= 11 is 4.29. The molecule has 10 heteroatoms. The second kappa shape index (κ2) is 8.27. The fourth-order valence-electron chi connectivity index (χ4n) is 2.25. The topological polar surface area (TPSA) is 55.3 Å². The number of rotatable bonds is 5. The molecule has 0 radical (unpaired) electrons. The minimum absolute atomic E-state index is 0.00121. The number of carbonyl (C=O) groups excluding carboxylic acids is 1. The zero-order valence-corrected chi connectivity index (χ0v) is 16.8. The number of pyridine rings is 1. The van der Waals surface area contributed by atoms with Gasteiger partial charge in [-0.3, -0.25) is 9.69 Å². The highest BCUT2D eigenvalue weighted by molar-refractivity contribution is 9.10. The fourth-order valence-corrected chi connectivity index (χ4v) is 3.42. The Bertz CT molecular complexity index is 977. The van der Waals surface area contributed by atoms with Crippen molar-refractivity contribution in [2.75, 3.05) is 11.4 Å². The van der Waals surface area contributed by atoms with Gasteiger partial charge < -0.3 is 4.74 Å². The van der Waals surface area contributed by atoms with Gasteiger partial charge >= 0.3 is 6.18 Å². The van der Waals surface area contributed by atoms with Crippen molar-refractivity contribution >= 4 is 38.3 Å². The summed E-state index contributed by atoms with van der Waals surface area (Å²) in [5, 5.41) is 1.56. The maximum Gasteiger partial charge on any atom is 0.406 e. The molecular formula is C18H13BrF3N3O2S. The van der Waals surface area contributed by atoms with Crippen LogP contribution < -0.4 is 9.64 Å². The number of carbonyl (C=O) groups is 1. The number of hydrogen-bond donors (Lipinski definition) is 0. The molecule has 0 N–H and O–H groups in total. The van der Waals surface area contributed by atoms with E-state index in [2.05, 4.69) is 25.9 Å². The molecular weight excluding hydrogens is 459 g/mol. The molecule has 0 unspecified atom stereocenters. The van der Waals surface area contributed by atoms with Gasteiger partial charge in [0.1, 0.15) is 12.3 Å². The van der Waals surface area contributed by atoms with Gasteiger partial charge in [0.15, 0.2) is 5.13 Å². The molecule has 0 bridgehead atoms. The lowest BCUT2D eigenvalue weighted by Gasteiger charge is -2.21. The van der Waals surface area contributed by atoms with Crippen LogP contribution in [0, 0.1) is 6.92 Å². The minimum atomic E-state index is -4.56. The molecule has 1 amide bonds. The van der Waals surface area contributed by atoms with Gasteiger partial charge in [0.25, 0.3) is 5.91 Å². The smallest absolute Gasteiger partial charge is 0.406 e. The summed E-state index contributed by atoms with van der Waals surface area (Å²) in [4.78, 5) is 21.3. The quantitative estimate of drug-likeness (QED) is 0.485. The summed E-state index contributed by atoms with van der Waals surface area (Å²) in [6.07, 6.45) is -3.38. The van der Waals surface area contributed by atoms with Crippen LogP contribution in [0.2, 0.25) is 0 Å². The molecule has 0 fully saturated rings. The summed E-state index contributed by atoms with van der Waals surface area (Å²) < 4.78 is 45.3. The predicted molar refractivity (Wildman–Crippen MR) is 103 cm³/mol. The Morgan fingerprint density at radius 3 is 2.64 bits per heavy atom. The van der Waals surface area contributed by atoms with Gasteiger partial charge in [-0.1, -0.05) is 22.0 Å². The zero-order chi connectivity index (χ0) is 20.3. The molecule has 2 heterocycles. The Balaban J connectivity index is 1.81. The van der Waals surface area contributed by atoms with E-state index in [-0.39, 0.29) is 16.6 Å². The molecule has 0 aliphatic heterocycles. The highest BCUT2D eigenvalue weighted by Gasteiger charge is 2.35. The van der Waals surface area contributed by atoms with Gasteiger partial charge in [-0.25, -0.2) is 9.97 Å². The van der Waals surface area contributed by atoms with E-state index < -0.39 is 18.6 Å². The van der Waals surface area contributed by atoms with E-state index in [9.17, 15) is 18.0 Å². The van der Waals surface area contributed by atoms with Gasteiger partial charge in [-0.2, -0.15) is 13.2 Å². The molecule has 2 aromatic heterocycles. The molecule has 0 saturated heterocycles. The second-order valence-electron chi connectivity index (χ2n) is 5.72. The predicted octanol–water partition coefficient (Wildman–Crippen LogP) is 5.61. The van der Waals surface area contributed by atoms with Crippen LogP contribution in [0.3, 0.4) is 0 Å².